The van der Waals surface area contributed by atoms with Crippen LogP contribution in [0, 0.1) is 0 Å². The fourth-order valence-corrected chi connectivity index (χ4v) is 2.66. The predicted octanol–water partition coefficient (Wildman–Crippen LogP) is 4.12. The molecule has 0 spiro atoms. The van der Waals surface area contributed by atoms with Gasteiger partial charge in [0.15, 0.2) is 0 Å². The van der Waals surface area contributed by atoms with Gasteiger partial charge in [-0.1, -0.05) is 22.0 Å². The minimum absolute atomic E-state index is 0.134. The van der Waals surface area contributed by atoms with Crippen LogP contribution in [-0.4, -0.2) is 20.2 Å². The Morgan fingerprint density at radius 3 is 2.43 bits per heavy atom. The van der Waals surface area contributed by atoms with Crippen molar-refractivity contribution in [1.29, 1.82) is 0 Å². The van der Waals surface area contributed by atoms with Gasteiger partial charge in [-0.25, -0.2) is 0 Å². The first kappa shape index (κ1) is 15.9. The SMILES string of the molecule is COc1ccc(N(C)c2cc(Br)ccc2CC(C)N)cc1. The van der Waals surface area contributed by atoms with Crippen molar-refractivity contribution < 1.29 is 4.74 Å². The summed E-state index contributed by atoms with van der Waals surface area (Å²) in [5, 5.41) is 0. The number of hydrogen-bond donors (Lipinski definition) is 1. The van der Waals surface area contributed by atoms with E-state index in [2.05, 4.69) is 58.2 Å². The van der Waals surface area contributed by atoms with Gasteiger partial charge in [0.05, 0.1) is 7.11 Å². The molecule has 2 rings (SSSR count). The third-order valence-corrected chi connectivity index (χ3v) is 3.90. The van der Waals surface area contributed by atoms with Crippen molar-refractivity contribution in [2.24, 2.45) is 5.73 Å². The number of rotatable bonds is 5. The summed E-state index contributed by atoms with van der Waals surface area (Å²) >= 11 is 3.55. The topological polar surface area (TPSA) is 38.5 Å². The molecule has 0 aliphatic carbocycles. The highest BCUT2D eigenvalue weighted by molar-refractivity contribution is 9.10. The lowest BCUT2D eigenvalue weighted by Crippen LogP contribution is -2.20. The quantitative estimate of drug-likeness (QED) is 0.883. The fraction of sp³-hybridized carbons (Fsp3) is 0.294. The Labute approximate surface area is 134 Å². The number of benzene rings is 2. The molecule has 0 fully saturated rings. The maximum atomic E-state index is 5.96. The van der Waals surface area contributed by atoms with Crippen LogP contribution in [0.15, 0.2) is 46.9 Å². The van der Waals surface area contributed by atoms with Gasteiger partial charge in [0.2, 0.25) is 0 Å². The molecule has 4 heteroatoms. The molecule has 2 aromatic carbocycles. The molecule has 1 atom stereocenters. The average Bonchev–Trinajstić information content (AvgIpc) is 2.48. The second kappa shape index (κ2) is 6.96. The van der Waals surface area contributed by atoms with Gasteiger partial charge < -0.3 is 15.4 Å². The molecule has 0 heterocycles. The average molecular weight is 349 g/mol. The summed E-state index contributed by atoms with van der Waals surface area (Å²) in [6.45, 7) is 2.03. The van der Waals surface area contributed by atoms with Crippen LogP contribution >= 0.6 is 15.9 Å². The van der Waals surface area contributed by atoms with Crippen molar-refractivity contribution in [3.8, 4) is 5.75 Å². The molecule has 112 valence electrons. The number of ether oxygens (including phenoxy) is 1. The number of nitrogens with two attached hydrogens (primary N) is 1. The number of anilines is 2. The normalized spacial score (nSPS) is 12.0. The second-order valence-electron chi connectivity index (χ2n) is 5.21. The Morgan fingerprint density at radius 1 is 1.19 bits per heavy atom. The third kappa shape index (κ3) is 3.99. The van der Waals surface area contributed by atoms with Gasteiger partial charge in [0.25, 0.3) is 0 Å². The van der Waals surface area contributed by atoms with Crippen molar-refractivity contribution in [1.82, 2.24) is 0 Å². The molecule has 3 nitrogen and oxygen atoms in total. The number of nitrogens with zero attached hydrogens (tertiary/aromatic N) is 1. The van der Waals surface area contributed by atoms with Crippen LogP contribution in [0.5, 0.6) is 5.75 Å². The van der Waals surface area contributed by atoms with Crippen molar-refractivity contribution in [2.45, 2.75) is 19.4 Å². The van der Waals surface area contributed by atoms with E-state index in [1.807, 2.05) is 19.1 Å². The van der Waals surface area contributed by atoms with E-state index in [1.54, 1.807) is 7.11 Å². The highest BCUT2D eigenvalue weighted by atomic mass is 79.9. The Kier molecular flexibility index (Phi) is 5.26. The molecule has 0 saturated heterocycles. The van der Waals surface area contributed by atoms with Gasteiger partial charge in [-0.05, 0) is 55.3 Å². The zero-order chi connectivity index (χ0) is 15.4. The van der Waals surface area contributed by atoms with E-state index >= 15 is 0 Å². The molecule has 21 heavy (non-hydrogen) atoms. The summed E-state index contributed by atoms with van der Waals surface area (Å²) in [5.74, 6) is 0.859. The molecule has 0 aromatic heterocycles. The zero-order valence-corrected chi connectivity index (χ0v) is 14.2. The standard InChI is InChI=1S/C17H21BrN2O/c1-12(19)10-13-4-5-14(18)11-17(13)20(2)15-6-8-16(21-3)9-7-15/h4-9,11-12H,10,19H2,1-3H3. The largest absolute Gasteiger partial charge is 0.497 e. The molecule has 0 aliphatic heterocycles. The van der Waals surface area contributed by atoms with Gasteiger partial charge in [0, 0.05) is 28.9 Å². The Bertz CT molecular complexity index is 596. The van der Waals surface area contributed by atoms with Crippen molar-refractivity contribution in [3.63, 3.8) is 0 Å². The minimum Gasteiger partial charge on any atom is -0.497 e. The summed E-state index contributed by atoms with van der Waals surface area (Å²) < 4.78 is 6.27. The summed E-state index contributed by atoms with van der Waals surface area (Å²) in [6.07, 6.45) is 0.850. The molecule has 0 amide bonds. The molecule has 1 unspecified atom stereocenters. The summed E-state index contributed by atoms with van der Waals surface area (Å²) in [5.41, 5.74) is 9.47. The van der Waals surface area contributed by atoms with Crippen LogP contribution in [0.1, 0.15) is 12.5 Å². The van der Waals surface area contributed by atoms with Crippen LogP contribution in [0.3, 0.4) is 0 Å². The van der Waals surface area contributed by atoms with Gasteiger partial charge in [-0.3, -0.25) is 0 Å². The van der Waals surface area contributed by atoms with E-state index in [-0.39, 0.29) is 6.04 Å². The first-order valence-corrected chi connectivity index (χ1v) is 7.72. The lowest BCUT2D eigenvalue weighted by atomic mass is 10.0. The molecule has 0 radical (unpaired) electrons. The van der Waals surface area contributed by atoms with Gasteiger partial charge in [-0.15, -0.1) is 0 Å². The molecule has 0 aliphatic rings. The first-order chi connectivity index (χ1) is 10.0. The Balaban J connectivity index is 2.36. The van der Waals surface area contributed by atoms with Crippen molar-refractivity contribution >= 4 is 27.3 Å². The fourth-order valence-electron chi connectivity index (χ4n) is 2.31. The van der Waals surface area contributed by atoms with Crippen LogP contribution in [0.25, 0.3) is 0 Å². The summed E-state index contributed by atoms with van der Waals surface area (Å²) in [7, 11) is 3.74. The lowest BCUT2D eigenvalue weighted by molar-refractivity contribution is 0.415. The van der Waals surface area contributed by atoms with Crippen molar-refractivity contribution in [3.05, 3.63) is 52.5 Å². The van der Waals surface area contributed by atoms with E-state index in [0.29, 0.717) is 0 Å². The monoisotopic (exact) mass is 348 g/mol. The van der Waals surface area contributed by atoms with Gasteiger partial charge >= 0.3 is 0 Å². The Hall–Kier alpha value is -1.52. The Morgan fingerprint density at radius 2 is 1.86 bits per heavy atom. The van der Waals surface area contributed by atoms with Crippen LogP contribution in [-0.2, 0) is 6.42 Å². The maximum Gasteiger partial charge on any atom is 0.119 e. The van der Waals surface area contributed by atoms with E-state index in [1.165, 1.54) is 5.56 Å². The molecule has 2 N–H and O–H groups in total. The number of methoxy groups -OCH3 is 1. The van der Waals surface area contributed by atoms with Crippen LogP contribution < -0.4 is 15.4 Å². The zero-order valence-electron chi connectivity index (χ0n) is 12.6. The van der Waals surface area contributed by atoms with E-state index in [9.17, 15) is 0 Å². The van der Waals surface area contributed by atoms with E-state index in [4.69, 9.17) is 10.5 Å². The van der Waals surface area contributed by atoms with Crippen LogP contribution in [0.4, 0.5) is 11.4 Å². The second-order valence-corrected chi connectivity index (χ2v) is 6.13. The molecule has 2 aromatic rings. The number of halogens is 1. The van der Waals surface area contributed by atoms with Crippen LogP contribution in [0.2, 0.25) is 0 Å². The molecule has 0 bridgehead atoms. The minimum atomic E-state index is 0.134. The summed E-state index contributed by atoms with van der Waals surface area (Å²) in [6, 6.07) is 14.5. The predicted molar refractivity (Wildman–Crippen MR) is 92.6 cm³/mol. The smallest absolute Gasteiger partial charge is 0.119 e. The lowest BCUT2D eigenvalue weighted by Gasteiger charge is -2.24. The molecular formula is C17H21BrN2O. The van der Waals surface area contributed by atoms with Gasteiger partial charge in [-0.2, -0.15) is 0 Å². The maximum absolute atomic E-state index is 5.96. The third-order valence-electron chi connectivity index (χ3n) is 3.41. The first-order valence-electron chi connectivity index (χ1n) is 6.93. The van der Waals surface area contributed by atoms with E-state index < -0.39 is 0 Å². The summed E-state index contributed by atoms with van der Waals surface area (Å²) in [4.78, 5) is 2.17. The highest BCUT2D eigenvalue weighted by Crippen LogP contribution is 2.31. The van der Waals surface area contributed by atoms with E-state index in [0.717, 1.165) is 28.0 Å². The van der Waals surface area contributed by atoms with Crippen molar-refractivity contribution in [2.75, 3.05) is 19.1 Å². The molecule has 0 saturated carbocycles. The highest BCUT2D eigenvalue weighted by Gasteiger charge is 2.11. The number of hydrogen-bond acceptors (Lipinski definition) is 3. The van der Waals surface area contributed by atoms with Gasteiger partial charge in [0.1, 0.15) is 5.75 Å². The molecular weight excluding hydrogens is 328 g/mol.